The lowest BCUT2D eigenvalue weighted by atomic mass is 9.76. The van der Waals surface area contributed by atoms with Gasteiger partial charge in [0.15, 0.2) is 11.6 Å². The van der Waals surface area contributed by atoms with E-state index in [0.29, 0.717) is 49.3 Å². The fourth-order valence-corrected chi connectivity index (χ4v) is 5.19. The fourth-order valence-electron chi connectivity index (χ4n) is 5.19. The monoisotopic (exact) mass is 440 g/mol. The number of benzene rings is 1. The first-order valence-electron chi connectivity index (χ1n) is 11.9. The largest absolute Gasteiger partial charge is 0.378 e. The minimum Gasteiger partial charge on any atom is -0.378 e. The number of allylic oxidation sites excluding steroid dienone is 1. The van der Waals surface area contributed by atoms with Gasteiger partial charge in [0.1, 0.15) is 0 Å². The number of hydrogen-bond donors (Lipinski definition) is 0. The number of alkyl halides is 2. The summed E-state index contributed by atoms with van der Waals surface area (Å²) in [5, 5.41) is 0. The number of aryl methyl sites for hydroxylation is 2. The van der Waals surface area contributed by atoms with E-state index in [1.54, 1.807) is 12.1 Å². The molecule has 1 saturated carbocycles. The molecule has 0 amide bonds. The normalized spacial score (nSPS) is 28.4. The Morgan fingerprint density at radius 2 is 1.61 bits per heavy atom. The van der Waals surface area contributed by atoms with E-state index in [4.69, 9.17) is 4.74 Å². The van der Waals surface area contributed by atoms with Crippen molar-refractivity contribution in [1.82, 2.24) is 0 Å². The quantitative estimate of drug-likeness (QED) is 0.283. The van der Waals surface area contributed by atoms with E-state index in [2.05, 4.69) is 6.58 Å². The summed E-state index contributed by atoms with van der Waals surface area (Å²) in [4.78, 5) is 0. The molecule has 1 aliphatic carbocycles. The second kappa shape index (κ2) is 11.0. The molecule has 5 heteroatoms. The summed E-state index contributed by atoms with van der Waals surface area (Å²) >= 11 is 0. The summed E-state index contributed by atoms with van der Waals surface area (Å²) in [5.41, 5.74) is 0.857. The molecule has 4 unspecified atom stereocenters. The maximum Gasteiger partial charge on any atom is 0.254 e. The highest BCUT2D eigenvalue weighted by molar-refractivity contribution is 5.26. The van der Waals surface area contributed by atoms with Gasteiger partial charge in [-0.25, -0.2) is 17.6 Å². The summed E-state index contributed by atoms with van der Waals surface area (Å²) in [6.07, 6.45) is 8.93. The molecule has 0 radical (unpaired) electrons. The molecule has 0 aromatic heterocycles. The van der Waals surface area contributed by atoms with Crippen LogP contribution in [0.1, 0.15) is 75.8 Å². The van der Waals surface area contributed by atoms with Gasteiger partial charge in [-0.1, -0.05) is 31.6 Å². The lowest BCUT2D eigenvalue weighted by molar-refractivity contribution is -0.0875. The average Bonchev–Trinajstić information content (AvgIpc) is 2.75. The molecular formula is C26H36F4O. The molecular weight excluding hydrogens is 404 g/mol. The van der Waals surface area contributed by atoms with Crippen LogP contribution in [0.5, 0.6) is 0 Å². The van der Waals surface area contributed by atoms with Gasteiger partial charge < -0.3 is 4.74 Å². The van der Waals surface area contributed by atoms with Crippen LogP contribution in [0.25, 0.3) is 0 Å². The van der Waals surface area contributed by atoms with Crippen LogP contribution in [-0.4, -0.2) is 18.6 Å². The predicted molar refractivity (Wildman–Crippen MR) is 116 cm³/mol. The smallest absolute Gasteiger partial charge is 0.254 e. The minimum atomic E-state index is -2.62. The summed E-state index contributed by atoms with van der Waals surface area (Å²) in [5.74, 6) is -4.24. The third-order valence-corrected chi connectivity index (χ3v) is 7.22. The van der Waals surface area contributed by atoms with E-state index in [-0.39, 0.29) is 18.4 Å². The molecule has 0 bridgehead atoms. The van der Waals surface area contributed by atoms with Crippen molar-refractivity contribution in [2.24, 2.45) is 17.8 Å². The lowest BCUT2D eigenvalue weighted by Gasteiger charge is -2.35. The van der Waals surface area contributed by atoms with Crippen molar-refractivity contribution in [3.63, 3.8) is 0 Å². The minimum absolute atomic E-state index is 0.0287. The molecule has 0 spiro atoms. The number of hydrogen-bond acceptors (Lipinski definition) is 1. The van der Waals surface area contributed by atoms with Gasteiger partial charge >= 0.3 is 0 Å². The molecule has 3 rings (SSSR count). The maximum atomic E-state index is 14.3. The molecule has 1 saturated heterocycles. The zero-order valence-electron chi connectivity index (χ0n) is 18.7. The molecule has 4 atom stereocenters. The first kappa shape index (κ1) is 24.3. The Labute approximate surface area is 184 Å². The summed E-state index contributed by atoms with van der Waals surface area (Å²) in [7, 11) is 0. The first-order chi connectivity index (χ1) is 14.8. The molecule has 174 valence electrons. The van der Waals surface area contributed by atoms with E-state index in [9.17, 15) is 17.6 Å². The van der Waals surface area contributed by atoms with Gasteiger partial charge in [0, 0.05) is 18.9 Å². The van der Waals surface area contributed by atoms with Crippen LogP contribution in [0.3, 0.4) is 0 Å². The average molecular weight is 441 g/mol. The molecule has 1 heterocycles. The van der Waals surface area contributed by atoms with Crippen molar-refractivity contribution in [2.75, 3.05) is 6.61 Å². The van der Waals surface area contributed by atoms with Crippen LogP contribution >= 0.6 is 0 Å². The Morgan fingerprint density at radius 3 is 2.19 bits per heavy atom. The van der Waals surface area contributed by atoms with Gasteiger partial charge in [-0.05, 0) is 80.8 Å². The molecule has 2 fully saturated rings. The number of ether oxygens (including phenoxy) is 1. The van der Waals surface area contributed by atoms with Gasteiger partial charge in [0.2, 0.25) is 0 Å². The van der Waals surface area contributed by atoms with Crippen molar-refractivity contribution < 1.29 is 22.3 Å². The Balaban J connectivity index is 1.39. The first-order valence-corrected chi connectivity index (χ1v) is 11.9. The third-order valence-electron chi connectivity index (χ3n) is 7.22. The van der Waals surface area contributed by atoms with E-state index < -0.39 is 23.5 Å². The van der Waals surface area contributed by atoms with E-state index in [0.717, 1.165) is 38.5 Å². The molecule has 1 aromatic rings. The third kappa shape index (κ3) is 6.34. The van der Waals surface area contributed by atoms with Gasteiger partial charge in [-0.15, -0.1) is 6.58 Å². The second-order valence-corrected chi connectivity index (χ2v) is 9.53. The summed E-state index contributed by atoms with van der Waals surface area (Å²) in [6, 6.07) is 3.40. The van der Waals surface area contributed by atoms with Crippen LogP contribution in [0.2, 0.25) is 0 Å². The van der Waals surface area contributed by atoms with Crippen molar-refractivity contribution >= 4 is 0 Å². The Morgan fingerprint density at radius 1 is 0.968 bits per heavy atom. The van der Waals surface area contributed by atoms with E-state index in [1.807, 2.05) is 6.92 Å². The second-order valence-electron chi connectivity index (χ2n) is 9.53. The Hall–Kier alpha value is -1.36. The van der Waals surface area contributed by atoms with E-state index >= 15 is 0 Å². The summed E-state index contributed by atoms with van der Waals surface area (Å²) < 4.78 is 62.7. The van der Waals surface area contributed by atoms with Gasteiger partial charge in [-0.3, -0.25) is 0 Å². The Bertz CT molecular complexity index is 724. The number of halogens is 4. The maximum absolute atomic E-state index is 14.3. The zero-order chi connectivity index (χ0) is 22.4. The highest BCUT2D eigenvalue weighted by Gasteiger charge is 2.43. The van der Waals surface area contributed by atoms with Gasteiger partial charge in [0.05, 0.1) is 6.10 Å². The van der Waals surface area contributed by atoms with Crippen LogP contribution in [-0.2, 0) is 17.6 Å². The Kier molecular flexibility index (Phi) is 8.60. The van der Waals surface area contributed by atoms with Gasteiger partial charge in [-0.2, -0.15) is 0 Å². The molecule has 1 aromatic carbocycles. The fraction of sp³-hybridized carbons (Fsp3) is 0.692. The van der Waals surface area contributed by atoms with Crippen LogP contribution in [0.4, 0.5) is 17.6 Å². The highest BCUT2D eigenvalue weighted by atomic mass is 19.3. The van der Waals surface area contributed by atoms with Crippen LogP contribution in [0, 0.1) is 29.4 Å². The number of rotatable bonds is 9. The standard InChI is InChI=1S/C26H36F4O/c1-3-5-20-10-11-21(25(28)24(20)27)12-15-23-14-9-19(17-31-23)7-6-18-8-13-22(4-2)26(29,30)16-18/h4,10-11,18-19,22-23H,2-3,5-9,12-17H2,1H3. The molecule has 1 aliphatic heterocycles. The topological polar surface area (TPSA) is 9.23 Å². The molecule has 31 heavy (non-hydrogen) atoms. The van der Waals surface area contributed by atoms with Crippen LogP contribution < -0.4 is 0 Å². The zero-order valence-corrected chi connectivity index (χ0v) is 18.7. The SMILES string of the molecule is C=CC1CCC(CCC2CCC(CCc3ccc(CCC)c(F)c3F)OC2)CC1(F)F. The molecule has 2 aliphatic rings. The lowest BCUT2D eigenvalue weighted by Crippen LogP contribution is -2.35. The van der Waals surface area contributed by atoms with Gasteiger partial charge in [0.25, 0.3) is 5.92 Å². The van der Waals surface area contributed by atoms with Crippen molar-refractivity contribution in [1.29, 1.82) is 0 Å². The van der Waals surface area contributed by atoms with Crippen molar-refractivity contribution in [2.45, 2.75) is 89.6 Å². The highest BCUT2D eigenvalue weighted by Crippen LogP contribution is 2.44. The van der Waals surface area contributed by atoms with E-state index in [1.165, 1.54) is 6.08 Å². The summed E-state index contributed by atoms with van der Waals surface area (Å²) in [6.45, 7) is 6.13. The molecule has 0 N–H and O–H groups in total. The van der Waals surface area contributed by atoms with Crippen LogP contribution in [0.15, 0.2) is 24.8 Å². The van der Waals surface area contributed by atoms with Crippen molar-refractivity contribution in [3.8, 4) is 0 Å². The molecule has 1 nitrogen and oxygen atoms in total. The van der Waals surface area contributed by atoms with Crippen molar-refractivity contribution in [3.05, 3.63) is 47.5 Å². The predicted octanol–water partition coefficient (Wildman–Crippen LogP) is 7.66.